The predicted octanol–water partition coefficient (Wildman–Crippen LogP) is 1.65. The lowest BCUT2D eigenvalue weighted by atomic mass is 10.0. The summed E-state index contributed by atoms with van der Waals surface area (Å²) < 4.78 is 0.801. The van der Waals surface area contributed by atoms with Crippen LogP contribution in [0, 0.1) is 0 Å². The molecule has 0 spiro atoms. The van der Waals surface area contributed by atoms with Crippen LogP contribution in [-0.4, -0.2) is 34.5 Å². The van der Waals surface area contributed by atoms with Gasteiger partial charge in [-0.25, -0.2) is 0 Å². The van der Waals surface area contributed by atoms with Gasteiger partial charge in [0.1, 0.15) is 0 Å². The number of rotatable bonds is 2. The van der Waals surface area contributed by atoms with Gasteiger partial charge in [-0.05, 0) is 35.2 Å². The van der Waals surface area contributed by atoms with Crippen LogP contribution in [0.5, 0.6) is 0 Å². The number of hydrogen-bond acceptors (Lipinski definition) is 5. The lowest BCUT2D eigenvalue weighted by Gasteiger charge is -2.33. The molecule has 1 aromatic heterocycles. The van der Waals surface area contributed by atoms with E-state index >= 15 is 0 Å². The van der Waals surface area contributed by atoms with E-state index in [-0.39, 0.29) is 12.6 Å². The van der Waals surface area contributed by atoms with Crippen LogP contribution < -0.4 is 4.90 Å². The highest BCUT2D eigenvalue weighted by molar-refractivity contribution is 9.11. The molecule has 14 heavy (non-hydrogen) atoms. The molecule has 0 radical (unpaired) electrons. The van der Waals surface area contributed by atoms with Crippen LogP contribution in [0.3, 0.4) is 0 Å². The van der Waals surface area contributed by atoms with Gasteiger partial charge in [-0.15, -0.1) is 10.2 Å². The largest absolute Gasteiger partial charge is 0.394 e. The number of aromatic nitrogens is 2. The van der Waals surface area contributed by atoms with Crippen molar-refractivity contribution in [2.45, 2.75) is 25.3 Å². The third-order valence-electron chi connectivity index (χ3n) is 2.47. The molecule has 6 heteroatoms. The van der Waals surface area contributed by atoms with Crippen LogP contribution >= 0.6 is 27.3 Å². The van der Waals surface area contributed by atoms with Crippen LogP contribution in [0.4, 0.5) is 5.13 Å². The van der Waals surface area contributed by atoms with E-state index in [1.807, 2.05) is 0 Å². The van der Waals surface area contributed by atoms with E-state index in [0.29, 0.717) is 0 Å². The van der Waals surface area contributed by atoms with E-state index in [9.17, 15) is 5.11 Å². The van der Waals surface area contributed by atoms with Gasteiger partial charge < -0.3 is 10.0 Å². The minimum absolute atomic E-state index is 0.206. The van der Waals surface area contributed by atoms with Crippen molar-refractivity contribution in [1.82, 2.24) is 10.2 Å². The second-order valence-corrected chi connectivity index (χ2v) is 5.60. The van der Waals surface area contributed by atoms with Crippen LogP contribution in [0.1, 0.15) is 19.3 Å². The molecule has 4 nitrogen and oxygen atoms in total. The summed E-state index contributed by atoms with van der Waals surface area (Å²) in [4.78, 5) is 2.16. The van der Waals surface area contributed by atoms with Crippen molar-refractivity contribution < 1.29 is 5.11 Å². The molecule has 1 aliphatic rings. The van der Waals surface area contributed by atoms with E-state index in [1.54, 1.807) is 0 Å². The molecule has 1 unspecified atom stereocenters. The first-order valence-corrected chi connectivity index (χ1v) is 6.28. The maximum absolute atomic E-state index is 9.23. The van der Waals surface area contributed by atoms with Crippen molar-refractivity contribution >= 4 is 32.4 Å². The molecule has 0 aromatic carbocycles. The maximum atomic E-state index is 9.23. The number of aliphatic hydroxyl groups excluding tert-OH is 1. The van der Waals surface area contributed by atoms with E-state index in [2.05, 4.69) is 31.0 Å². The highest BCUT2D eigenvalue weighted by Gasteiger charge is 2.24. The fourth-order valence-electron chi connectivity index (χ4n) is 1.76. The smallest absolute Gasteiger partial charge is 0.209 e. The van der Waals surface area contributed by atoms with Gasteiger partial charge >= 0.3 is 0 Å². The van der Waals surface area contributed by atoms with E-state index in [0.717, 1.165) is 22.0 Å². The Morgan fingerprint density at radius 2 is 2.36 bits per heavy atom. The van der Waals surface area contributed by atoms with E-state index < -0.39 is 0 Å². The third-order valence-corrected chi connectivity index (χ3v) is 3.87. The third kappa shape index (κ3) is 2.07. The van der Waals surface area contributed by atoms with Gasteiger partial charge in [-0.2, -0.15) is 0 Å². The lowest BCUT2D eigenvalue weighted by molar-refractivity contribution is 0.240. The van der Waals surface area contributed by atoms with Crippen LogP contribution in [-0.2, 0) is 0 Å². The minimum atomic E-state index is 0.206. The van der Waals surface area contributed by atoms with Gasteiger partial charge in [0.05, 0.1) is 12.6 Å². The van der Waals surface area contributed by atoms with E-state index in [1.165, 1.54) is 24.2 Å². The Hall–Kier alpha value is -0.200. The highest BCUT2D eigenvalue weighted by Crippen LogP contribution is 2.29. The Balaban J connectivity index is 2.14. The molecule has 0 bridgehead atoms. The molecule has 2 heterocycles. The number of nitrogens with zero attached hydrogens (tertiary/aromatic N) is 3. The number of aliphatic hydroxyl groups is 1. The van der Waals surface area contributed by atoms with Crippen molar-refractivity contribution in [3.05, 3.63) is 3.92 Å². The number of halogens is 1. The number of anilines is 1. The molecular weight excluding hydrogens is 266 g/mol. The van der Waals surface area contributed by atoms with Gasteiger partial charge in [0, 0.05) is 6.54 Å². The zero-order valence-electron chi connectivity index (χ0n) is 7.69. The predicted molar refractivity (Wildman–Crippen MR) is 59.7 cm³/mol. The normalized spacial score (nSPS) is 22.7. The van der Waals surface area contributed by atoms with Crippen molar-refractivity contribution in [2.24, 2.45) is 0 Å². The highest BCUT2D eigenvalue weighted by atomic mass is 79.9. The van der Waals surface area contributed by atoms with Gasteiger partial charge in [0.15, 0.2) is 3.92 Å². The van der Waals surface area contributed by atoms with Gasteiger partial charge in [-0.3, -0.25) is 0 Å². The molecule has 0 amide bonds. The summed E-state index contributed by atoms with van der Waals surface area (Å²) in [6.07, 6.45) is 3.42. The van der Waals surface area contributed by atoms with Gasteiger partial charge in [0.25, 0.3) is 0 Å². The van der Waals surface area contributed by atoms with Gasteiger partial charge in [-0.1, -0.05) is 11.3 Å². The summed E-state index contributed by atoms with van der Waals surface area (Å²) in [5.41, 5.74) is 0. The van der Waals surface area contributed by atoms with Crippen LogP contribution in [0.25, 0.3) is 0 Å². The standard InChI is InChI=1S/C8H12BrN3OS/c9-7-10-11-8(14-7)12-4-2-1-3-6(12)5-13/h6,13H,1-5H2. The molecule has 0 aliphatic carbocycles. The molecule has 1 fully saturated rings. The quantitative estimate of drug-likeness (QED) is 0.893. The molecule has 1 N–H and O–H groups in total. The van der Waals surface area contributed by atoms with Crippen molar-refractivity contribution in [2.75, 3.05) is 18.1 Å². The second-order valence-electron chi connectivity index (χ2n) is 3.36. The molecule has 0 saturated carbocycles. The fourth-order valence-corrected chi connectivity index (χ4v) is 2.94. The summed E-state index contributed by atoms with van der Waals surface area (Å²) in [7, 11) is 0. The summed E-state index contributed by atoms with van der Waals surface area (Å²) >= 11 is 4.82. The lowest BCUT2D eigenvalue weighted by Crippen LogP contribution is -2.41. The summed E-state index contributed by atoms with van der Waals surface area (Å²) in [6.45, 7) is 1.18. The first-order chi connectivity index (χ1) is 6.81. The van der Waals surface area contributed by atoms with Crippen LogP contribution in [0.2, 0.25) is 0 Å². The first kappa shape index (κ1) is 10.3. The molecule has 1 atom stereocenters. The zero-order valence-corrected chi connectivity index (χ0v) is 10.1. The van der Waals surface area contributed by atoms with E-state index in [4.69, 9.17) is 0 Å². The van der Waals surface area contributed by atoms with Crippen molar-refractivity contribution in [1.29, 1.82) is 0 Å². The van der Waals surface area contributed by atoms with Crippen molar-refractivity contribution in [3.8, 4) is 0 Å². The first-order valence-electron chi connectivity index (χ1n) is 4.68. The molecule has 2 rings (SSSR count). The maximum Gasteiger partial charge on any atom is 0.209 e. The van der Waals surface area contributed by atoms with Gasteiger partial charge in [0.2, 0.25) is 5.13 Å². The average Bonchev–Trinajstić information content (AvgIpc) is 2.65. The SMILES string of the molecule is OCC1CCCCN1c1nnc(Br)s1. The Morgan fingerprint density at radius 1 is 1.50 bits per heavy atom. The Labute approximate surface area is 95.1 Å². The molecule has 78 valence electrons. The Morgan fingerprint density at radius 3 is 3.00 bits per heavy atom. The molecule has 1 aliphatic heterocycles. The summed E-state index contributed by atoms with van der Waals surface area (Å²) in [6, 6.07) is 0.226. The molecule has 1 saturated heterocycles. The van der Waals surface area contributed by atoms with Crippen LogP contribution in [0.15, 0.2) is 3.92 Å². The summed E-state index contributed by atoms with van der Waals surface area (Å²) in [5, 5.41) is 18.1. The molecule has 1 aromatic rings. The monoisotopic (exact) mass is 277 g/mol. The Kier molecular flexibility index (Phi) is 3.35. The minimum Gasteiger partial charge on any atom is -0.394 e. The average molecular weight is 278 g/mol. The fraction of sp³-hybridized carbons (Fsp3) is 0.750. The molecular formula is C8H12BrN3OS. The second kappa shape index (κ2) is 4.55. The number of piperidine rings is 1. The number of hydrogen-bond donors (Lipinski definition) is 1. The van der Waals surface area contributed by atoms with Crippen molar-refractivity contribution in [3.63, 3.8) is 0 Å². The summed E-state index contributed by atoms with van der Waals surface area (Å²) in [5.74, 6) is 0. The zero-order chi connectivity index (χ0) is 9.97. The Bertz CT molecular complexity index is 307. The topological polar surface area (TPSA) is 49.2 Å².